The minimum Gasteiger partial charge on any atom is -0.563 e. The smallest absolute Gasteiger partial charge is 0.545 e. The molecule has 0 aromatic heterocycles. The summed E-state index contributed by atoms with van der Waals surface area (Å²) in [6.45, 7) is 0.956. The largest absolute Gasteiger partial charge is 0.563 e. The van der Waals surface area contributed by atoms with Crippen LogP contribution in [-0.4, -0.2) is 44.6 Å². The number of hydrogen-bond acceptors (Lipinski definition) is 6. The van der Waals surface area contributed by atoms with Gasteiger partial charge < -0.3 is 28.8 Å². The van der Waals surface area contributed by atoms with Crippen molar-refractivity contribution in [2.24, 2.45) is 0 Å². The fourth-order valence-electron chi connectivity index (χ4n) is 3.11. The Balaban J connectivity index is 1.42. The third-order valence-corrected chi connectivity index (χ3v) is 4.84. The van der Waals surface area contributed by atoms with Crippen LogP contribution in [0.3, 0.4) is 0 Å². The molecule has 0 aliphatic rings. The van der Waals surface area contributed by atoms with Crippen LogP contribution in [0.2, 0.25) is 0 Å². The summed E-state index contributed by atoms with van der Waals surface area (Å²) in [4.78, 5) is 11.3. The number of para-hydroxylation sites is 1. The summed E-state index contributed by atoms with van der Waals surface area (Å²) in [6, 6.07) is 22.5. The molecule has 0 spiro atoms. The van der Waals surface area contributed by atoms with Crippen LogP contribution >= 0.6 is 0 Å². The average Bonchev–Trinajstić information content (AvgIpc) is 2.84. The minimum absolute atomic E-state index is 0.304. The van der Waals surface area contributed by atoms with Gasteiger partial charge in [-0.1, -0.05) is 24.3 Å². The summed E-state index contributed by atoms with van der Waals surface area (Å²) in [7, 11) is 2.98. The Labute approximate surface area is 193 Å². The maximum atomic E-state index is 11.3. The van der Waals surface area contributed by atoms with Gasteiger partial charge in [0.15, 0.2) is 11.5 Å². The van der Waals surface area contributed by atoms with Crippen LogP contribution in [0.5, 0.6) is 28.7 Å². The van der Waals surface area contributed by atoms with Crippen LogP contribution < -0.4 is 18.9 Å². The van der Waals surface area contributed by atoms with E-state index in [9.17, 15) is 4.79 Å². The summed E-state index contributed by atoms with van der Waals surface area (Å²) >= 11 is 0. The topological polar surface area (TPSA) is 86.1 Å². The molecule has 0 saturated heterocycles. The van der Waals surface area contributed by atoms with Gasteiger partial charge in [-0.15, -0.1) is 0 Å². The molecular weight excluding hydrogens is 424 g/mol. The van der Waals surface area contributed by atoms with Crippen molar-refractivity contribution >= 4 is 5.97 Å². The molecular formula is C26H29O7+. The first-order valence-corrected chi connectivity index (χ1v) is 10.6. The van der Waals surface area contributed by atoms with Crippen LogP contribution in [0.15, 0.2) is 72.8 Å². The maximum Gasteiger partial charge on any atom is 0.545 e. The van der Waals surface area contributed by atoms with Crippen molar-refractivity contribution in [3.05, 3.63) is 78.4 Å². The fourth-order valence-corrected chi connectivity index (χ4v) is 3.11. The zero-order chi connectivity index (χ0) is 23.5. The lowest BCUT2D eigenvalue weighted by Crippen LogP contribution is -2.24. The number of benzene rings is 3. The first-order chi connectivity index (χ1) is 16.1. The van der Waals surface area contributed by atoms with E-state index in [-0.39, 0.29) is 0 Å². The predicted molar refractivity (Wildman–Crippen MR) is 125 cm³/mol. The lowest BCUT2D eigenvalue weighted by atomic mass is 10.1. The van der Waals surface area contributed by atoms with Crippen LogP contribution in [0.1, 0.15) is 12.0 Å². The van der Waals surface area contributed by atoms with E-state index in [0.29, 0.717) is 37.6 Å². The van der Waals surface area contributed by atoms with E-state index in [1.54, 1.807) is 19.2 Å². The highest BCUT2D eigenvalue weighted by Crippen LogP contribution is 2.29. The van der Waals surface area contributed by atoms with E-state index in [1.165, 1.54) is 7.11 Å². The number of carbonyl (C=O) groups excluding carboxylic acids is 1. The second-order valence-electron chi connectivity index (χ2n) is 7.21. The standard InChI is InChI=1S/C26H28O7/c1-29-24-17-19(18-25(30-2)26(27)28)9-14-23(24)32-16-6-15-31-20-10-12-22(13-11-20)33-21-7-4-3-5-8-21/h3-5,7-14,17,25H,6,15-16,18H2,1-2H3,(H,27,28)/p+1/t25-/m0/s1. The minimum atomic E-state index is -0.794. The van der Waals surface area contributed by atoms with Crippen LogP contribution in [0.4, 0.5) is 0 Å². The van der Waals surface area contributed by atoms with Crippen LogP contribution in [0, 0.1) is 0 Å². The van der Waals surface area contributed by atoms with Gasteiger partial charge in [0.1, 0.15) is 17.2 Å². The maximum absolute atomic E-state index is 11.3. The number of carbonyl (C=O) groups is 1. The molecule has 0 bridgehead atoms. The van der Waals surface area contributed by atoms with E-state index in [2.05, 4.69) is 0 Å². The first-order valence-electron chi connectivity index (χ1n) is 10.6. The van der Waals surface area contributed by atoms with E-state index in [0.717, 1.165) is 22.8 Å². The normalized spacial score (nSPS) is 11.5. The zero-order valence-electron chi connectivity index (χ0n) is 18.8. The van der Waals surface area contributed by atoms with Crippen molar-refractivity contribution in [3.8, 4) is 28.7 Å². The van der Waals surface area contributed by atoms with Crippen LogP contribution in [0.25, 0.3) is 0 Å². The predicted octanol–water partition coefficient (Wildman–Crippen LogP) is 4.14. The SMILES string of the molecule is COc1cc(C[C@H](OC)C(=O)[OH2+])ccc1OCCCOc1ccc(Oc2ccccc2)cc1. The van der Waals surface area contributed by atoms with Gasteiger partial charge in [0.2, 0.25) is 6.10 Å². The van der Waals surface area contributed by atoms with Crippen LogP contribution in [-0.2, 0) is 16.0 Å². The van der Waals surface area contributed by atoms with Crippen molar-refractivity contribution in [3.63, 3.8) is 0 Å². The molecule has 0 heterocycles. The lowest BCUT2D eigenvalue weighted by Gasteiger charge is -2.13. The number of ether oxygens (including phenoxy) is 5. The lowest BCUT2D eigenvalue weighted by molar-refractivity contribution is -0.148. The Hall–Kier alpha value is -3.71. The Morgan fingerprint density at radius 1 is 0.818 bits per heavy atom. The highest BCUT2D eigenvalue weighted by atomic mass is 16.5. The van der Waals surface area contributed by atoms with Gasteiger partial charge in [-0.05, 0) is 54.1 Å². The second-order valence-corrected chi connectivity index (χ2v) is 7.21. The molecule has 3 rings (SSSR count). The van der Waals surface area contributed by atoms with Crippen molar-refractivity contribution in [1.29, 1.82) is 0 Å². The van der Waals surface area contributed by atoms with Crippen molar-refractivity contribution in [1.82, 2.24) is 0 Å². The first kappa shape index (κ1) is 23.9. The van der Waals surface area contributed by atoms with E-state index < -0.39 is 12.1 Å². The summed E-state index contributed by atoms with van der Waals surface area (Å²) in [6.07, 6.45) is 0.197. The van der Waals surface area contributed by atoms with E-state index in [4.69, 9.17) is 28.8 Å². The Bertz CT molecular complexity index is 1000. The van der Waals surface area contributed by atoms with Crippen molar-refractivity contribution < 1.29 is 33.6 Å². The van der Waals surface area contributed by atoms with Gasteiger partial charge in [-0.3, -0.25) is 0 Å². The van der Waals surface area contributed by atoms with Gasteiger partial charge in [0.25, 0.3) is 0 Å². The molecule has 7 nitrogen and oxygen atoms in total. The molecule has 0 aliphatic heterocycles. The van der Waals surface area contributed by atoms with E-state index >= 15 is 0 Å². The Morgan fingerprint density at radius 3 is 2.15 bits per heavy atom. The summed E-state index contributed by atoms with van der Waals surface area (Å²) < 4.78 is 27.8. The van der Waals surface area contributed by atoms with Gasteiger partial charge >= 0.3 is 5.97 Å². The number of hydrogen-bond donors (Lipinski definition) is 0. The van der Waals surface area contributed by atoms with E-state index in [1.807, 2.05) is 60.7 Å². The molecule has 0 radical (unpaired) electrons. The number of methoxy groups -OCH3 is 2. The number of rotatable bonds is 13. The Morgan fingerprint density at radius 2 is 1.48 bits per heavy atom. The highest BCUT2D eigenvalue weighted by molar-refractivity contribution is 5.72. The third-order valence-electron chi connectivity index (χ3n) is 4.84. The molecule has 0 saturated carbocycles. The van der Waals surface area contributed by atoms with Gasteiger partial charge in [-0.2, -0.15) is 0 Å². The molecule has 0 amide bonds. The molecule has 3 aromatic rings. The average molecular weight is 454 g/mol. The van der Waals surface area contributed by atoms with Crippen molar-refractivity contribution in [2.75, 3.05) is 27.4 Å². The van der Waals surface area contributed by atoms with Crippen molar-refractivity contribution in [2.45, 2.75) is 18.9 Å². The summed E-state index contributed by atoms with van der Waals surface area (Å²) in [5, 5.41) is 7.24. The van der Waals surface area contributed by atoms with Gasteiger partial charge in [-0.25, -0.2) is 0 Å². The third kappa shape index (κ3) is 7.43. The summed E-state index contributed by atoms with van der Waals surface area (Å²) in [5.74, 6) is 2.71. The molecule has 0 fully saturated rings. The molecule has 0 aliphatic carbocycles. The molecule has 174 valence electrons. The molecule has 7 heteroatoms. The second kappa shape index (κ2) is 12.4. The quantitative estimate of drug-likeness (QED) is 0.286. The van der Waals surface area contributed by atoms with Gasteiger partial charge in [0, 0.05) is 24.7 Å². The summed E-state index contributed by atoms with van der Waals surface area (Å²) in [5.41, 5.74) is 0.828. The molecule has 3 aromatic carbocycles. The fraction of sp³-hybridized carbons (Fsp3) is 0.269. The van der Waals surface area contributed by atoms with Gasteiger partial charge in [0.05, 0.1) is 20.3 Å². The molecule has 33 heavy (non-hydrogen) atoms. The highest BCUT2D eigenvalue weighted by Gasteiger charge is 2.24. The zero-order valence-corrected chi connectivity index (χ0v) is 18.8. The monoisotopic (exact) mass is 453 g/mol. The Kier molecular flexibility index (Phi) is 8.97. The molecule has 1 atom stereocenters. The molecule has 2 N–H and O–H groups in total. The molecule has 0 unspecified atom stereocenters.